The lowest BCUT2D eigenvalue weighted by molar-refractivity contribution is 0.340. The average Bonchev–Trinajstić information content (AvgIpc) is 2.02. The lowest BCUT2D eigenvalue weighted by Gasteiger charge is -2.17. The van der Waals surface area contributed by atoms with Crippen LogP contribution in [0.4, 0.5) is 0 Å². The van der Waals surface area contributed by atoms with E-state index in [0.29, 0.717) is 6.04 Å². The van der Waals surface area contributed by atoms with Crippen molar-refractivity contribution in [1.29, 1.82) is 0 Å². The van der Waals surface area contributed by atoms with Gasteiger partial charge in [0.25, 0.3) is 0 Å². The molecular weight excluding hydrogens is 148 g/mol. The fourth-order valence-electron chi connectivity index (χ4n) is 1.18. The number of nitrogens with zero attached hydrogens (tertiary/aromatic N) is 1. The SMILES string of the molecule is C=CCN(C)CCC(C)NCC. The van der Waals surface area contributed by atoms with Gasteiger partial charge in [0.15, 0.2) is 0 Å². The summed E-state index contributed by atoms with van der Waals surface area (Å²) in [5, 5.41) is 3.39. The predicted octanol–water partition coefficient (Wildman–Crippen LogP) is 1.49. The second-order valence-electron chi connectivity index (χ2n) is 3.30. The largest absolute Gasteiger partial charge is 0.314 e. The van der Waals surface area contributed by atoms with Crippen molar-refractivity contribution < 1.29 is 0 Å². The fourth-order valence-corrected chi connectivity index (χ4v) is 1.18. The molecule has 0 fully saturated rings. The Labute approximate surface area is 76.6 Å². The van der Waals surface area contributed by atoms with Gasteiger partial charge in [0.1, 0.15) is 0 Å². The first-order valence-electron chi connectivity index (χ1n) is 4.73. The summed E-state index contributed by atoms with van der Waals surface area (Å²) in [5.41, 5.74) is 0. The Balaban J connectivity index is 3.32. The minimum absolute atomic E-state index is 0.627. The smallest absolute Gasteiger partial charge is 0.0157 e. The molecule has 0 aliphatic heterocycles. The third-order valence-corrected chi connectivity index (χ3v) is 1.94. The molecule has 1 atom stereocenters. The van der Waals surface area contributed by atoms with E-state index in [1.165, 1.54) is 6.42 Å². The Hall–Kier alpha value is -0.340. The third-order valence-electron chi connectivity index (χ3n) is 1.94. The summed E-state index contributed by atoms with van der Waals surface area (Å²) in [4.78, 5) is 2.28. The standard InChI is InChI=1S/C10H22N2/c1-5-8-12(4)9-7-10(3)11-6-2/h5,10-11H,1,6-9H2,2-4H3. The van der Waals surface area contributed by atoms with Crippen LogP contribution in [0.3, 0.4) is 0 Å². The van der Waals surface area contributed by atoms with Crippen LogP contribution in [0.2, 0.25) is 0 Å². The monoisotopic (exact) mass is 170 g/mol. The van der Waals surface area contributed by atoms with Crippen molar-refractivity contribution in [3.8, 4) is 0 Å². The molecule has 0 rings (SSSR count). The Bertz CT molecular complexity index is 112. The molecule has 0 aliphatic carbocycles. The quantitative estimate of drug-likeness (QED) is 0.582. The van der Waals surface area contributed by atoms with Crippen molar-refractivity contribution >= 4 is 0 Å². The number of nitrogens with one attached hydrogen (secondary N) is 1. The van der Waals surface area contributed by atoms with Gasteiger partial charge in [-0.05, 0) is 33.5 Å². The summed E-state index contributed by atoms with van der Waals surface area (Å²) in [7, 11) is 2.13. The van der Waals surface area contributed by atoms with Crippen molar-refractivity contribution in [3.05, 3.63) is 12.7 Å². The number of rotatable bonds is 7. The van der Waals surface area contributed by atoms with Crippen molar-refractivity contribution in [3.63, 3.8) is 0 Å². The summed E-state index contributed by atoms with van der Waals surface area (Å²) in [6, 6.07) is 0.627. The molecule has 0 radical (unpaired) electrons. The molecule has 0 saturated carbocycles. The van der Waals surface area contributed by atoms with Crippen LogP contribution >= 0.6 is 0 Å². The molecular formula is C10H22N2. The molecule has 0 bridgehead atoms. The van der Waals surface area contributed by atoms with Crippen LogP contribution in [0.5, 0.6) is 0 Å². The number of likely N-dealkylation sites (N-methyl/N-ethyl adjacent to an activating group) is 1. The normalized spacial score (nSPS) is 13.3. The van der Waals surface area contributed by atoms with E-state index >= 15 is 0 Å². The summed E-state index contributed by atoms with van der Waals surface area (Å²) < 4.78 is 0. The molecule has 0 aliphatic rings. The fraction of sp³-hybridized carbons (Fsp3) is 0.800. The molecule has 0 amide bonds. The van der Waals surface area contributed by atoms with Crippen LogP contribution in [0.15, 0.2) is 12.7 Å². The molecule has 0 spiro atoms. The molecule has 2 heteroatoms. The number of hydrogen-bond acceptors (Lipinski definition) is 2. The zero-order chi connectivity index (χ0) is 9.40. The molecule has 12 heavy (non-hydrogen) atoms. The van der Waals surface area contributed by atoms with Gasteiger partial charge in [0, 0.05) is 12.6 Å². The van der Waals surface area contributed by atoms with Crippen molar-refractivity contribution in [2.45, 2.75) is 26.3 Å². The first-order chi connectivity index (χ1) is 5.70. The van der Waals surface area contributed by atoms with Gasteiger partial charge in [-0.1, -0.05) is 13.0 Å². The van der Waals surface area contributed by atoms with Crippen molar-refractivity contribution in [2.24, 2.45) is 0 Å². The van der Waals surface area contributed by atoms with E-state index in [0.717, 1.165) is 19.6 Å². The third kappa shape index (κ3) is 6.38. The van der Waals surface area contributed by atoms with Gasteiger partial charge in [-0.25, -0.2) is 0 Å². The van der Waals surface area contributed by atoms with E-state index in [9.17, 15) is 0 Å². The van der Waals surface area contributed by atoms with Crippen LogP contribution in [0.25, 0.3) is 0 Å². The first kappa shape index (κ1) is 11.7. The molecule has 1 unspecified atom stereocenters. The van der Waals surface area contributed by atoms with E-state index in [4.69, 9.17) is 0 Å². The zero-order valence-electron chi connectivity index (χ0n) is 8.64. The lowest BCUT2D eigenvalue weighted by Crippen LogP contribution is -2.30. The van der Waals surface area contributed by atoms with E-state index in [1.54, 1.807) is 0 Å². The summed E-state index contributed by atoms with van der Waals surface area (Å²) in [6.07, 6.45) is 3.15. The highest BCUT2D eigenvalue weighted by molar-refractivity contribution is 4.72. The molecule has 0 aromatic heterocycles. The molecule has 1 N–H and O–H groups in total. The predicted molar refractivity (Wildman–Crippen MR) is 55.4 cm³/mol. The van der Waals surface area contributed by atoms with E-state index in [1.807, 2.05) is 6.08 Å². The van der Waals surface area contributed by atoms with Crippen molar-refractivity contribution in [1.82, 2.24) is 10.2 Å². The van der Waals surface area contributed by atoms with Crippen LogP contribution in [-0.4, -0.2) is 37.6 Å². The molecule has 2 nitrogen and oxygen atoms in total. The van der Waals surface area contributed by atoms with Gasteiger partial charge >= 0.3 is 0 Å². The van der Waals surface area contributed by atoms with Gasteiger partial charge in [0.05, 0.1) is 0 Å². The second kappa shape index (κ2) is 7.32. The topological polar surface area (TPSA) is 15.3 Å². The minimum atomic E-state index is 0.627. The van der Waals surface area contributed by atoms with Crippen LogP contribution in [-0.2, 0) is 0 Å². The first-order valence-corrected chi connectivity index (χ1v) is 4.73. The molecule has 0 aromatic carbocycles. The maximum Gasteiger partial charge on any atom is 0.0157 e. The highest BCUT2D eigenvalue weighted by atomic mass is 15.1. The Morgan fingerprint density at radius 3 is 2.75 bits per heavy atom. The summed E-state index contributed by atoms with van der Waals surface area (Å²) in [5.74, 6) is 0. The average molecular weight is 170 g/mol. The molecule has 0 aromatic rings. The van der Waals surface area contributed by atoms with Gasteiger partial charge in [0.2, 0.25) is 0 Å². The van der Waals surface area contributed by atoms with Gasteiger partial charge in [-0.3, -0.25) is 0 Å². The maximum atomic E-state index is 3.71. The molecule has 0 saturated heterocycles. The molecule has 72 valence electrons. The van der Waals surface area contributed by atoms with Gasteiger partial charge < -0.3 is 10.2 Å². The van der Waals surface area contributed by atoms with E-state index in [-0.39, 0.29) is 0 Å². The van der Waals surface area contributed by atoms with Crippen LogP contribution in [0.1, 0.15) is 20.3 Å². The van der Waals surface area contributed by atoms with Gasteiger partial charge in [-0.15, -0.1) is 6.58 Å². The second-order valence-corrected chi connectivity index (χ2v) is 3.30. The van der Waals surface area contributed by atoms with E-state index < -0.39 is 0 Å². The number of hydrogen-bond donors (Lipinski definition) is 1. The summed E-state index contributed by atoms with van der Waals surface area (Å²) in [6.45, 7) is 11.3. The van der Waals surface area contributed by atoms with Gasteiger partial charge in [-0.2, -0.15) is 0 Å². The lowest BCUT2D eigenvalue weighted by atomic mass is 10.2. The zero-order valence-corrected chi connectivity index (χ0v) is 8.64. The Morgan fingerprint density at radius 2 is 2.25 bits per heavy atom. The maximum absolute atomic E-state index is 3.71. The Morgan fingerprint density at radius 1 is 1.58 bits per heavy atom. The van der Waals surface area contributed by atoms with Crippen LogP contribution in [0, 0.1) is 0 Å². The Kier molecular flexibility index (Phi) is 7.11. The molecule has 0 heterocycles. The van der Waals surface area contributed by atoms with Crippen molar-refractivity contribution in [2.75, 3.05) is 26.7 Å². The van der Waals surface area contributed by atoms with E-state index in [2.05, 4.69) is 37.7 Å². The highest BCUT2D eigenvalue weighted by Gasteiger charge is 2.00. The van der Waals surface area contributed by atoms with Crippen LogP contribution < -0.4 is 5.32 Å². The minimum Gasteiger partial charge on any atom is -0.314 e. The highest BCUT2D eigenvalue weighted by Crippen LogP contribution is 1.93. The summed E-state index contributed by atoms with van der Waals surface area (Å²) >= 11 is 0.